The van der Waals surface area contributed by atoms with Gasteiger partial charge in [0.1, 0.15) is 12.3 Å². The molecule has 0 aliphatic rings. The highest BCUT2D eigenvalue weighted by Crippen LogP contribution is 2.26. The molecule has 12 nitrogen and oxygen atoms in total. The van der Waals surface area contributed by atoms with Crippen LogP contribution in [0.5, 0.6) is 5.75 Å². The third kappa shape index (κ3) is 6.87. The predicted octanol–water partition coefficient (Wildman–Crippen LogP) is 1.80. The van der Waals surface area contributed by atoms with Gasteiger partial charge in [0, 0.05) is 12.1 Å². The van der Waals surface area contributed by atoms with Gasteiger partial charge >= 0.3 is 0 Å². The summed E-state index contributed by atoms with van der Waals surface area (Å²) in [5.74, 6) is -0.982. The van der Waals surface area contributed by atoms with Crippen LogP contribution in [0.15, 0.2) is 88.9 Å². The molecule has 0 saturated carbocycles. The molecule has 2 amide bonds. The molecule has 186 valence electrons. The summed E-state index contributed by atoms with van der Waals surface area (Å²) in [6.45, 7) is -0.952. The molecule has 0 aliphatic carbocycles. The average Bonchev–Trinajstić information content (AvgIpc) is 2.87. The zero-order chi connectivity index (χ0) is 26.1. The number of nitrogens with two attached hydrogens (primary N) is 1. The van der Waals surface area contributed by atoms with Crippen molar-refractivity contribution in [3.05, 3.63) is 94.5 Å². The van der Waals surface area contributed by atoms with E-state index in [1.54, 1.807) is 30.3 Å². The third-order valence-corrected chi connectivity index (χ3v) is 6.40. The number of anilines is 1. The van der Waals surface area contributed by atoms with Gasteiger partial charge in [-0.1, -0.05) is 24.3 Å². The number of benzene rings is 3. The third-order valence-electron chi connectivity index (χ3n) is 4.61. The second kappa shape index (κ2) is 11.6. The number of amides is 2. The van der Waals surface area contributed by atoms with Gasteiger partial charge in [0.2, 0.25) is 0 Å². The quantitative estimate of drug-likeness (QED) is 0.224. The lowest BCUT2D eigenvalue weighted by molar-refractivity contribution is -0.384. The Morgan fingerprint density at radius 3 is 2.39 bits per heavy atom. The molecule has 0 atom stereocenters. The van der Waals surface area contributed by atoms with Crippen molar-refractivity contribution < 1.29 is 27.7 Å². The number of non-ortho nitro benzene ring substituents is 1. The Hall–Kier alpha value is -4.78. The van der Waals surface area contributed by atoms with Crippen LogP contribution in [0.4, 0.5) is 11.4 Å². The van der Waals surface area contributed by atoms with E-state index in [0.29, 0.717) is 11.3 Å². The number of hydrazone groups is 1. The number of carbonyl (C=O) groups is 2. The van der Waals surface area contributed by atoms with E-state index in [9.17, 15) is 28.1 Å². The van der Waals surface area contributed by atoms with Crippen LogP contribution in [-0.4, -0.2) is 44.5 Å². The number of ether oxygens (including phenoxy) is 1. The smallest absolute Gasteiger partial charge is 0.271 e. The van der Waals surface area contributed by atoms with E-state index in [1.807, 2.05) is 0 Å². The molecule has 0 heterocycles. The highest BCUT2D eigenvalue weighted by atomic mass is 32.2. The van der Waals surface area contributed by atoms with E-state index >= 15 is 0 Å². The number of hydrogen-bond acceptors (Lipinski definition) is 8. The Morgan fingerprint density at radius 2 is 1.75 bits per heavy atom. The molecule has 0 bridgehead atoms. The summed E-state index contributed by atoms with van der Waals surface area (Å²) in [6.07, 6.45) is 1.32. The molecule has 3 aromatic rings. The molecule has 0 radical (unpaired) electrons. The summed E-state index contributed by atoms with van der Waals surface area (Å²) < 4.78 is 32.5. The lowest BCUT2D eigenvalue weighted by Gasteiger charge is -2.23. The van der Waals surface area contributed by atoms with Crippen molar-refractivity contribution in [2.75, 3.05) is 17.5 Å². The molecule has 3 rings (SSSR count). The summed E-state index contributed by atoms with van der Waals surface area (Å²) in [6, 6.07) is 18.7. The van der Waals surface area contributed by atoms with Crippen molar-refractivity contribution in [3.8, 4) is 5.75 Å². The molecule has 0 spiro atoms. The lowest BCUT2D eigenvalue weighted by atomic mass is 10.2. The number of nitro groups is 1. The molecular formula is C23H21N5O7S. The molecule has 0 saturated heterocycles. The van der Waals surface area contributed by atoms with Gasteiger partial charge in [0.05, 0.1) is 21.7 Å². The van der Waals surface area contributed by atoms with Gasteiger partial charge in [-0.3, -0.25) is 24.0 Å². The first-order chi connectivity index (χ1) is 17.2. The van der Waals surface area contributed by atoms with Crippen LogP contribution in [0.25, 0.3) is 0 Å². The zero-order valence-electron chi connectivity index (χ0n) is 18.7. The summed E-state index contributed by atoms with van der Waals surface area (Å²) in [5, 5.41) is 15.0. The van der Waals surface area contributed by atoms with Crippen LogP contribution in [-0.2, 0) is 19.6 Å². The summed E-state index contributed by atoms with van der Waals surface area (Å²) in [7, 11) is -4.23. The number of sulfonamides is 1. The molecule has 36 heavy (non-hydrogen) atoms. The van der Waals surface area contributed by atoms with Crippen LogP contribution < -0.4 is 20.2 Å². The van der Waals surface area contributed by atoms with Crippen LogP contribution in [0.3, 0.4) is 0 Å². The number of nitro benzene ring substituents is 1. The van der Waals surface area contributed by atoms with Gasteiger partial charge in [0.15, 0.2) is 6.61 Å². The molecule has 0 aliphatic heterocycles. The van der Waals surface area contributed by atoms with E-state index in [1.165, 1.54) is 48.7 Å². The first-order valence-corrected chi connectivity index (χ1v) is 11.8. The lowest BCUT2D eigenvalue weighted by Crippen LogP contribution is -2.39. The number of primary amides is 1. The van der Waals surface area contributed by atoms with E-state index in [2.05, 4.69) is 10.5 Å². The number of hydrogen-bond donors (Lipinski definition) is 2. The van der Waals surface area contributed by atoms with E-state index < -0.39 is 33.3 Å². The maximum Gasteiger partial charge on any atom is 0.271 e. The van der Waals surface area contributed by atoms with Gasteiger partial charge in [0.25, 0.3) is 27.5 Å². The Labute approximate surface area is 206 Å². The fourth-order valence-electron chi connectivity index (χ4n) is 2.95. The maximum atomic E-state index is 13.3. The minimum Gasteiger partial charge on any atom is -0.484 e. The van der Waals surface area contributed by atoms with Crippen molar-refractivity contribution >= 4 is 39.4 Å². The van der Waals surface area contributed by atoms with E-state index in [0.717, 1.165) is 10.4 Å². The number of nitrogens with one attached hydrogen (secondary N) is 1. The van der Waals surface area contributed by atoms with Gasteiger partial charge in [-0.05, 0) is 48.0 Å². The van der Waals surface area contributed by atoms with Crippen LogP contribution in [0, 0.1) is 10.1 Å². The SMILES string of the molecule is NC(=O)COc1ccc(/C=N\NC(=O)CN(c2cccc([N+](=O)[O-])c2)S(=O)(=O)c2ccccc2)cc1. The molecule has 3 N–H and O–H groups in total. The number of nitrogens with zero attached hydrogens (tertiary/aromatic N) is 3. The van der Waals surface area contributed by atoms with Gasteiger partial charge in [-0.2, -0.15) is 5.10 Å². The zero-order valence-corrected chi connectivity index (χ0v) is 19.5. The van der Waals surface area contributed by atoms with Crippen LogP contribution >= 0.6 is 0 Å². The molecule has 0 fully saturated rings. The predicted molar refractivity (Wildman–Crippen MR) is 131 cm³/mol. The van der Waals surface area contributed by atoms with Crippen LogP contribution in [0.1, 0.15) is 5.56 Å². The van der Waals surface area contributed by atoms with Crippen molar-refractivity contribution in [2.45, 2.75) is 4.90 Å². The summed E-state index contributed by atoms with van der Waals surface area (Å²) in [5.41, 5.74) is 7.46. The topological polar surface area (TPSA) is 174 Å². The number of rotatable bonds is 11. The standard InChI is InChI=1S/C23H21N5O7S/c24-22(29)16-35-20-11-9-17(10-12-20)14-25-26-23(30)15-27(18-5-4-6-19(13-18)28(31)32)36(33,34)21-7-2-1-3-8-21/h1-14H,15-16H2,(H2,24,29)(H,26,30)/b25-14-. The molecular weight excluding hydrogens is 490 g/mol. The average molecular weight is 512 g/mol. The van der Waals surface area contributed by atoms with Gasteiger partial charge < -0.3 is 10.5 Å². The summed E-state index contributed by atoms with van der Waals surface area (Å²) >= 11 is 0. The van der Waals surface area contributed by atoms with Gasteiger partial charge in [-0.15, -0.1) is 0 Å². The Bertz CT molecular complexity index is 1380. The molecule has 0 aromatic heterocycles. The first kappa shape index (κ1) is 25.8. The molecule has 13 heteroatoms. The maximum absolute atomic E-state index is 13.3. The van der Waals surface area contributed by atoms with Crippen molar-refractivity contribution in [3.63, 3.8) is 0 Å². The first-order valence-electron chi connectivity index (χ1n) is 10.3. The Morgan fingerprint density at radius 1 is 1.06 bits per heavy atom. The minimum absolute atomic E-state index is 0.0567. The van der Waals surface area contributed by atoms with Crippen LogP contribution in [0.2, 0.25) is 0 Å². The normalized spacial score (nSPS) is 11.1. The van der Waals surface area contributed by atoms with Crippen molar-refractivity contribution in [1.29, 1.82) is 0 Å². The number of carbonyl (C=O) groups excluding carboxylic acids is 2. The highest BCUT2D eigenvalue weighted by molar-refractivity contribution is 7.92. The largest absolute Gasteiger partial charge is 0.484 e. The molecule has 3 aromatic carbocycles. The monoisotopic (exact) mass is 511 g/mol. The van der Waals surface area contributed by atoms with Crippen molar-refractivity contribution in [1.82, 2.24) is 5.43 Å². The second-order valence-electron chi connectivity index (χ2n) is 7.22. The van der Waals surface area contributed by atoms with E-state index in [-0.39, 0.29) is 22.9 Å². The fourth-order valence-corrected chi connectivity index (χ4v) is 4.38. The molecule has 0 unspecified atom stereocenters. The highest BCUT2D eigenvalue weighted by Gasteiger charge is 2.28. The van der Waals surface area contributed by atoms with E-state index in [4.69, 9.17) is 10.5 Å². The summed E-state index contributed by atoms with van der Waals surface area (Å²) in [4.78, 5) is 33.8. The Balaban J connectivity index is 1.77. The fraction of sp³-hybridized carbons (Fsp3) is 0.0870. The van der Waals surface area contributed by atoms with Crippen molar-refractivity contribution in [2.24, 2.45) is 10.8 Å². The minimum atomic E-state index is -4.23. The van der Waals surface area contributed by atoms with Gasteiger partial charge in [-0.25, -0.2) is 13.8 Å². The Kier molecular flexibility index (Phi) is 8.30. The second-order valence-corrected chi connectivity index (χ2v) is 9.08.